The minimum Gasteiger partial charge on any atom is -0.392 e. The van der Waals surface area contributed by atoms with Gasteiger partial charge in [-0.15, -0.1) is 0 Å². The highest BCUT2D eigenvalue weighted by Crippen LogP contribution is 2.39. The van der Waals surface area contributed by atoms with Crippen molar-refractivity contribution in [2.24, 2.45) is 11.8 Å². The van der Waals surface area contributed by atoms with Gasteiger partial charge in [-0.3, -0.25) is 0 Å². The molecule has 3 unspecified atom stereocenters. The highest BCUT2D eigenvalue weighted by molar-refractivity contribution is 5.13. The van der Waals surface area contributed by atoms with E-state index >= 15 is 0 Å². The lowest BCUT2D eigenvalue weighted by atomic mass is 10.00. The molecule has 3 rings (SSSR count). The van der Waals surface area contributed by atoms with Crippen molar-refractivity contribution in [3.05, 3.63) is 12.2 Å². The van der Waals surface area contributed by atoms with Crippen LogP contribution in [0.1, 0.15) is 32.1 Å². The first-order valence-electron chi connectivity index (χ1n) is 5.95. The molecule has 0 saturated heterocycles. The van der Waals surface area contributed by atoms with Crippen LogP contribution < -0.4 is 5.32 Å². The lowest BCUT2D eigenvalue weighted by molar-refractivity contribution is 0.140. The number of aliphatic hydroxyl groups excluding tert-OH is 1. The topological polar surface area (TPSA) is 32.3 Å². The first-order chi connectivity index (χ1) is 6.83. The third kappa shape index (κ3) is 1.41. The standard InChI is InChI=1S/C12H19NO/c14-12-3-1-2-10(12)13-11-7-8-4-5-9(11)6-8/h4-5,8-14H,1-3,6-7H2/t8-,9+,10?,11?,12?/m1/s1. The van der Waals surface area contributed by atoms with Crippen LogP contribution in [0.4, 0.5) is 0 Å². The summed E-state index contributed by atoms with van der Waals surface area (Å²) in [5.74, 6) is 1.59. The van der Waals surface area contributed by atoms with Crippen LogP contribution in [0.15, 0.2) is 12.2 Å². The first kappa shape index (κ1) is 8.93. The Balaban J connectivity index is 1.60. The third-order valence-electron chi connectivity index (χ3n) is 4.19. The molecule has 2 nitrogen and oxygen atoms in total. The molecule has 3 aliphatic rings. The predicted octanol–water partition coefficient (Wildman–Crippen LogP) is 1.45. The largest absolute Gasteiger partial charge is 0.392 e. The molecule has 0 amide bonds. The smallest absolute Gasteiger partial charge is 0.0693 e. The molecule has 5 atom stereocenters. The Morgan fingerprint density at radius 2 is 2.00 bits per heavy atom. The Kier molecular flexibility index (Phi) is 2.14. The highest BCUT2D eigenvalue weighted by atomic mass is 16.3. The molecule has 2 fully saturated rings. The number of nitrogens with one attached hydrogen (secondary N) is 1. The molecule has 0 aromatic heterocycles. The number of allylic oxidation sites excluding steroid dienone is 1. The maximum absolute atomic E-state index is 9.74. The molecule has 78 valence electrons. The van der Waals surface area contributed by atoms with E-state index in [4.69, 9.17) is 0 Å². The van der Waals surface area contributed by atoms with Crippen molar-refractivity contribution < 1.29 is 5.11 Å². The second-order valence-corrected chi connectivity index (χ2v) is 5.16. The van der Waals surface area contributed by atoms with Crippen LogP contribution in [-0.4, -0.2) is 23.3 Å². The van der Waals surface area contributed by atoms with Crippen molar-refractivity contribution in [2.75, 3.05) is 0 Å². The minimum absolute atomic E-state index is 0.0851. The molecule has 2 heteroatoms. The summed E-state index contributed by atoms with van der Waals surface area (Å²) in [6.07, 6.45) is 10.6. The van der Waals surface area contributed by atoms with Crippen molar-refractivity contribution in [3.63, 3.8) is 0 Å². The second-order valence-electron chi connectivity index (χ2n) is 5.16. The van der Waals surface area contributed by atoms with Crippen LogP contribution in [0.25, 0.3) is 0 Å². The van der Waals surface area contributed by atoms with E-state index in [1.807, 2.05) is 0 Å². The van der Waals surface area contributed by atoms with Gasteiger partial charge in [0.2, 0.25) is 0 Å². The molecule has 0 heterocycles. The molecule has 2 N–H and O–H groups in total. The Morgan fingerprint density at radius 3 is 2.57 bits per heavy atom. The van der Waals surface area contributed by atoms with Crippen molar-refractivity contribution in [3.8, 4) is 0 Å². The van der Waals surface area contributed by atoms with Gasteiger partial charge < -0.3 is 10.4 Å². The van der Waals surface area contributed by atoms with Gasteiger partial charge in [0, 0.05) is 12.1 Å². The third-order valence-corrected chi connectivity index (χ3v) is 4.19. The number of hydrogen-bond donors (Lipinski definition) is 2. The molecule has 0 aromatic carbocycles. The summed E-state index contributed by atoms with van der Waals surface area (Å²) in [5.41, 5.74) is 0. The van der Waals surface area contributed by atoms with Gasteiger partial charge in [0.05, 0.1) is 6.10 Å². The lowest BCUT2D eigenvalue weighted by Gasteiger charge is -2.26. The van der Waals surface area contributed by atoms with E-state index in [1.54, 1.807) is 0 Å². The van der Waals surface area contributed by atoms with Crippen molar-refractivity contribution in [1.29, 1.82) is 0 Å². The zero-order chi connectivity index (χ0) is 9.54. The van der Waals surface area contributed by atoms with E-state index < -0.39 is 0 Å². The monoisotopic (exact) mass is 193 g/mol. The van der Waals surface area contributed by atoms with Crippen LogP contribution in [0, 0.1) is 11.8 Å². The van der Waals surface area contributed by atoms with Gasteiger partial charge in [0.15, 0.2) is 0 Å². The van der Waals surface area contributed by atoms with Crippen LogP contribution in [0.3, 0.4) is 0 Å². The van der Waals surface area contributed by atoms with E-state index in [1.165, 1.54) is 25.7 Å². The summed E-state index contributed by atoms with van der Waals surface area (Å²) < 4.78 is 0. The molecular formula is C12H19NO. The van der Waals surface area contributed by atoms with Gasteiger partial charge >= 0.3 is 0 Å². The van der Waals surface area contributed by atoms with Crippen LogP contribution in [0.2, 0.25) is 0 Å². The van der Waals surface area contributed by atoms with Crippen LogP contribution in [-0.2, 0) is 0 Å². The van der Waals surface area contributed by atoms with Crippen molar-refractivity contribution >= 4 is 0 Å². The fourth-order valence-electron chi connectivity index (χ4n) is 3.38. The zero-order valence-corrected chi connectivity index (χ0v) is 8.52. The normalized spacial score (nSPS) is 50.5. The van der Waals surface area contributed by atoms with Gasteiger partial charge in [-0.1, -0.05) is 12.2 Å². The lowest BCUT2D eigenvalue weighted by Crippen LogP contribution is -2.44. The SMILES string of the molecule is OC1CCCC1NC1C[C@@H]2C=C[C@H]1C2. The summed E-state index contributed by atoms with van der Waals surface area (Å²) in [7, 11) is 0. The summed E-state index contributed by atoms with van der Waals surface area (Å²) in [5, 5.41) is 13.4. The summed E-state index contributed by atoms with van der Waals surface area (Å²) in [6.45, 7) is 0. The summed E-state index contributed by atoms with van der Waals surface area (Å²) >= 11 is 0. The number of hydrogen-bond acceptors (Lipinski definition) is 2. The van der Waals surface area contributed by atoms with Crippen LogP contribution >= 0.6 is 0 Å². The molecule has 0 aromatic rings. The number of aliphatic hydroxyl groups is 1. The fourth-order valence-corrected chi connectivity index (χ4v) is 3.38. The quantitative estimate of drug-likeness (QED) is 0.651. The fraction of sp³-hybridized carbons (Fsp3) is 0.833. The molecule has 0 radical (unpaired) electrons. The molecule has 3 aliphatic carbocycles. The highest BCUT2D eigenvalue weighted by Gasteiger charge is 2.38. The maximum atomic E-state index is 9.74. The molecular weight excluding hydrogens is 174 g/mol. The average Bonchev–Trinajstić information content (AvgIpc) is 2.83. The van der Waals surface area contributed by atoms with Gasteiger partial charge in [-0.2, -0.15) is 0 Å². The Hall–Kier alpha value is -0.340. The maximum Gasteiger partial charge on any atom is 0.0693 e. The predicted molar refractivity (Wildman–Crippen MR) is 55.9 cm³/mol. The van der Waals surface area contributed by atoms with Gasteiger partial charge in [0.25, 0.3) is 0 Å². The summed E-state index contributed by atoms with van der Waals surface area (Å²) in [6, 6.07) is 1.04. The molecule has 2 saturated carbocycles. The molecule has 0 aliphatic heterocycles. The van der Waals surface area contributed by atoms with Crippen LogP contribution in [0.5, 0.6) is 0 Å². The zero-order valence-electron chi connectivity index (χ0n) is 8.52. The molecule has 14 heavy (non-hydrogen) atoms. The van der Waals surface area contributed by atoms with Gasteiger partial charge in [0.1, 0.15) is 0 Å². The van der Waals surface area contributed by atoms with Gasteiger partial charge in [-0.25, -0.2) is 0 Å². The van der Waals surface area contributed by atoms with E-state index in [9.17, 15) is 5.11 Å². The van der Waals surface area contributed by atoms with E-state index in [-0.39, 0.29) is 6.10 Å². The first-order valence-corrected chi connectivity index (χ1v) is 5.95. The van der Waals surface area contributed by atoms with E-state index in [2.05, 4.69) is 17.5 Å². The van der Waals surface area contributed by atoms with Crippen molar-refractivity contribution in [1.82, 2.24) is 5.32 Å². The number of fused-ring (bicyclic) bond motifs is 2. The Labute approximate surface area is 85.4 Å². The molecule has 0 spiro atoms. The van der Waals surface area contributed by atoms with Crippen molar-refractivity contribution in [2.45, 2.75) is 50.3 Å². The second kappa shape index (κ2) is 3.35. The summed E-state index contributed by atoms with van der Waals surface area (Å²) in [4.78, 5) is 0. The Bertz CT molecular complexity index is 251. The van der Waals surface area contributed by atoms with E-state index in [0.717, 1.165) is 18.3 Å². The average molecular weight is 193 g/mol. The Morgan fingerprint density at radius 1 is 1.07 bits per heavy atom. The number of rotatable bonds is 2. The minimum atomic E-state index is -0.0851. The molecule has 2 bridgehead atoms. The van der Waals surface area contributed by atoms with E-state index in [0.29, 0.717) is 12.1 Å². The van der Waals surface area contributed by atoms with Gasteiger partial charge in [-0.05, 0) is 43.9 Å².